The average molecular weight is 222 g/mol. The maximum atomic E-state index is 11.6. The molecule has 4 heteroatoms. The monoisotopic (exact) mass is 222 g/mol. The highest BCUT2D eigenvalue weighted by Gasteiger charge is 2.08. The Bertz CT molecular complexity index is 379. The summed E-state index contributed by atoms with van der Waals surface area (Å²) in [5.74, 6) is -1.15. The average Bonchev–Trinajstić information content (AvgIpc) is 2.26. The molecule has 0 atom stereocenters. The first kappa shape index (κ1) is 12.4. The van der Waals surface area contributed by atoms with E-state index in [1.165, 1.54) is 24.3 Å². The summed E-state index contributed by atoms with van der Waals surface area (Å²) in [4.78, 5) is 22.1. The summed E-state index contributed by atoms with van der Waals surface area (Å²) in [6.45, 7) is 3.71. The third kappa shape index (κ3) is 3.47. The van der Waals surface area contributed by atoms with Crippen molar-refractivity contribution in [3.63, 3.8) is 0 Å². The van der Waals surface area contributed by atoms with E-state index in [1.807, 2.05) is 13.8 Å². The number of Topliss-reactive ketones (excluding diaryl/α,β-unsaturated/α-hetero) is 1. The fourth-order valence-electron chi connectivity index (χ4n) is 1.12. The second-order valence-electron chi connectivity index (χ2n) is 3.67. The van der Waals surface area contributed by atoms with E-state index in [1.54, 1.807) is 0 Å². The van der Waals surface area contributed by atoms with Gasteiger partial charge in [0.05, 0.1) is 11.7 Å². The topological polar surface area (TPSA) is 63.6 Å². The Morgan fingerprint density at radius 2 is 1.69 bits per heavy atom. The van der Waals surface area contributed by atoms with Gasteiger partial charge in [0.15, 0.2) is 5.78 Å². The van der Waals surface area contributed by atoms with Gasteiger partial charge in [-0.05, 0) is 26.0 Å². The van der Waals surface area contributed by atoms with Crippen LogP contribution in [0, 0.1) is 0 Å². The smallest absolute Gasteiger partial charge is 0.335 e. The van der Waals surface area contributed by atoms with Gasteiger partial charge < -0.3 is 9.84 Å². The molecular formula is C12H14O4. The number of carbonyl (C=O) groups is 2. The number of rotatable bonds is 5. The largest absolute Gasteiger partial charge is 0.478 e. The highest BCUT2D eigenvalue weighted by molar-refractivity contribution is 5.98. The molecule has 0 saturated carbocycles. The molecule has 0 unspecified atom stereocenters. The van der Waals surface area contributed by atoms with Crippen LogP contribution in [0.15, 0.2) is 24.3 Å². The molecule has 4 nitrogen and oxygen atoms in total. The Hall–Kier alpha value is -1.68. The Morgan fingerprint density at radius 1 is 1.19 bits per heavy atom. The summed E-state index contributed by atoms with van der Waals surface area (Å²) in [5, 5.41) is 8.68. The summed E-state index contributed by atoms with van der Waals surface area (Å²) in [6, 6.07) is 5.81. The molecule has 0 saturated heterocycles. The summed E-state index contributed by atoms with van der Waals surface area (Å²) < 4.78 is 5.17. The van der Waals surface area contributed by atoms with Crippen molar-refractivity contribution >= 4 is 11.8 Å². The Kier molecular flexibility index (Phi) is 4.19. The van der Waals surface area contributed by atoms with Crippen molar-refractivity contribution in [1.29, 1.82) is 0 Å². The molecule has 0 radical (unpaired) electrons. The summed E-state index contributed by atoms with van der Waals surface area (Å²) in [6.07, 6.45) is 0.00208. The highest BCUT2D eigenvalue weighted by Crippen LogP contribution is 2.06. The standard InChI is InChI=1S/C12H14O4/c1-8(2)16-7-11(13)9-3-5-10(6-4-9)12(14)15/h3-6,8H,7H2,1-2H3,(H,14,15). The lowest BCUT2D eigenvalue weighted by Gasteiger charge is -2.06. The van der Waals surface area contributed by atoms with Crippen LogP contribution in [-0.4, -0.2) is 29.6 Å². The molecule has 0 aromatic heterocycles. The number of hydrogen-bond donors (Lipinski definition) is 1. The molecule has 0 aliphatic heterocycles. The zero-order valence-corrected chi connectivity index (χ0v) is 9.27. The lowest BCUT2D eigenvalue weighted by Crippen LogP contribution is -2.13. The van der Waals surface area contributed by atoms with Crippen LogP contribution in [0.1, 0.15) is 34.6 Å². The highest BCUT2D eigenvalue weighted by atomic mass is 16.5. The minimum Gasteiger partial charge on any atom is -0.478 e. The first-order chi connectivity index (χ1) is 7.50. The third-order valence-electron chi connectivity index (χ3n) is 2.00. The van der Waals surface area contributed by atoms with Crippen LogP contribution in [0.3, 0.4) is 0 Å². The molecule has 1 aromatic carbocycles. The molecular weight excluding hydrogens is 208 g/mol. The van der Waals surface area contributed by atoms with Crippen molar-refractivity contribution in [2.24, 2.45) is 0 Å². The fourth-order valence-corrected chi connectivity index (χ4v) is 1.12. The van der Waals surface area contributed by atoms with Gasteiger partial charge in [-0.1, -0.05) is 12.1 Å². The Balaban J connectivity index is 2.67. The maximum absolute atomic E-state index is 11.6. The zero-order chi connectivity index (χ0) is 12.1. The van der Waals surface area contributed by atoms with E-state index in [2.05, 4.69) is 0 Å². The molecule has 16 heavy (non-hydrogen) atoms. The third-order valence-corrected chi connectivity index (χ3v) is 2.00. The first-order valence-electron chi connectivity index (χ1n) is 4.99. The van der Waals surface area contributed by atoms with Crippen LogP contribution >= 0.6 is 0 Å². The fraction of sp³-hybridized carbons (Fsp3) is 0.333. The van der Waals surface area contributed by atoms with Gasteiger partial charge in [-0.2, -0.15) is 0 Å². The van der Waals surface area contributed by atoms with Gasteiger partial charge in [0.2, 0.25) is 0 Å². The van der Waals surface area contributed by atoms with Crippen molar-refractivity contribution in [3.8, 4) is 0 Å². The van der Waals surface area contributed by atoms with Crippen molar-refractivity contribution < 1.29 is 19.4 Å². The number of benzene rings is 1. The Morgan fingerprint density at radius 3 is 2.12 bits per heavy atom. The van der Waals surface area contributed by atoms with E-state index in [-0.39, 0.29) is 24.1 Å². The lowest BCUT2D eigenvalue weighted by molar-refractivity contribution is 0.0584. The molecule has 1 rings (SSSR count). The van der Waals surface area contributed by atoms with Crippen LogP contribution in [0.4, 0.5) is 0 Å². The minimum atomic E-state index is -1.00. The molecule has 86 valence electrons. The zero-order valence-electron chi connectivity index (χ0n) is 9.27. The summed E-state index contributed by atoms with van der Waals surface area (Å²) >= 11 is 0. The van der Waals surface area contributed by atoms with Gasteiger partial charge in [0.1, 0.15) is 6.61 Å². The second kappa shape index (κ2) is 5.42. The molecule has 0 heterocycles. The number of ether oxygens (including phenoxy) is 1. The van der Waals surface area contributed by atoms with Gasteiger partial charge in [-0.15, -0.1) is 0 Å². The minimum absolute atomic E-state index is 0.00208. The first-order valence-corrected chi connectivity index (χ1v) is 4.99. The summed E-state index contributed by atoms with van der Waals surface area (Å²) in [5.41, 5.74) is 0.631. The van der Waals surface area contributed by atoms with Gasteiger partial charge in [-0.3, -0.25) is 4.79 Å². The molecule has 1 aromatic rings. The number of carboxylic acid groups (broad SMARTS) is 1. The van der Waals surface area contributed by atoms with Gasteiger partial charge >= 0.3 is 5.97 Å². The van der Waals surface area contributed by atoms with Crippen LogP contribution in [-0.2, 0) is 4.74 Å². The molecule has 0 aliphatic carbocycles. The van der Waals surface area contributed by atoms with Gasteiger partial charge in [0, 0.05) is 5.56 Å². The van der Waals surface area contributed by atoms with E-state index in [4.69, 9.17) is 9.84 Å². The quantitative estimate of drug-likeness (QED) is 0.774. The van der Waals surface area contributed by atoms with E-state index in [9.17, 15) is 9.59 Å². The van der Waals surface area contributed by atoms with Crippen molar-refractivity contribution in [2.75, 3.05) is 6.61 Å². The van der Waals surface area contributed by atoms with Crippen LogP contribution < -0.4 is 0 Å². The van der Waals surface area contributed by atoms with E-state index < -0.39 is 5.97 Å². The molecule has 0 spiro atoms. The van der Waals surface area contributed by atoms with Gasteiger partial charge in [-0.25, -0.2) is 4.79 Å². The maximum Gasteiger partial charge on any atom is 0.335 e. The molecule has 0 amide bonds. The number of hydrogen-bond acceptors (Lipinski definition) is 3. The predicted molar refractivity (Wildman–Crippen MR) is 58.8 cm³/mol. The Labute approximate surface area is 93.9 Å². The number of ketones is 1. The van der Waals surface area contributed by atoms with Crippen molar-refractivity contribution in [2.45, 2.75) is 20.0 Å². The predicted octanol–water partition coefficient (Wildman–Crippen LogP) is 1.99. The van der Waals surface area contributed by atoms with Crippen LogP contribution in [0.2, 0.25) is 0 Å². The van der Waals surface area contributed by atoms with E-state index >= 15 is 0 Å². The molecule has 0 bridgehead atoms. The molecule has 0 fully saturated rings. The number of carboxylic acids is 1. The van der Waals surface area contributed by atoms with Crippen LogP contribution in [0.5, 0.6) is 0 Å². The summed E-state index contributed by atoms with van der Waals surface area (Å²) in [7, 11) is 0. The number of aromatic carboxylic acids is 1. The van der Waals surface area contributed by atoms with Crippen molar-refractivity contribution in [3.05, 3.63) is 35.4 Å². The SMILES string of the molecule is CC(C)OCC(=O)c1ccc(C(=O)O)cc1. The molecule has 1 N–H and O–H groups in total. The van der Waals surface area contributed by atoms with E-state index in [0.717, 1.165) is 0 Å². The van der Waals surface area contributed by atoms with Crippen molar-refractivity contribution in [1.82, 2.24) is 0 Å². The second-order valence-corrected chi connectivity index (χ2v) is 3.67. The normalized spacial score (nSPS) is 10.4. The van der Waals surface area contributed by atoms with Crippen LogP contribution in [0.25, 0.3) is 0 Å². The van der Waals surface area contributed by atoms with Gasteiger partial charge in [0.25, 0.3) is 0 Å². The van der Waals surface area contributed by atoms with E-state index in [0.29, 0.717) is 5.56 Å². The molecule has 0 aliphatic rings. The number of carbonyl (C=O) groups excluding carboxylic acids is 1. The lowest BCUT2D eigenvalue weighted by atomic mass is 10.1.